The molecule has 0 aliphatic heterocycles. The lowest BCUT2D eigenvalue weighted by Gasteiger charge is -2.23. The standard InChI is InChI=1S/C25H30N2O6/c1-2-3-14-22(29)27-23(24(30)32-17-19-10-6-4-7-11-19)21(28)15-16-26-25(31)33-18-20-12-8-5-9-13-20/h2,4-13,21,23,28H,1,3,14-18H2,(H,26,31)(H,27,29)/t21-,23+/m1/s1. The number of hydrogen-bond donors (Lipinski definition) is 3. The van der Waals surface area contributed by atoms with E-state index in [4.69, 9.17) is 9.47 Å². The number of aliphatic hydroxyl groups is 1. The average molecular weight is 455 g/mol. The lowest BCUT2D eigenvalue weighted by Crippen LogP contribution is -2.50. The third-order valence-corrected chi connectivity index (χ3v) is 4.68. The van der Waals surface area contributed by atoms with E-state index in [0.717, 1.165) is 11.1 Å². The number of nitrogens with one attached hydrogen (secondary N) is 2. The van der Waals surface area contributed by atoms with E-state index in [0.29, 0.717) is 6.42 Å². The largest absolute Gasteiger partial charge is 0.459 e. The number of esters is 1. The molecule has 0 aliphatic carbocycles. The average Bonchev–Trinajstić information content (AvgIpc) is 2.84. The van der Waals surface area contributed by atoms with E-state index in [1.807, 2.05) is 48.5 Å². The molecule has 0 aliphatic rings. The van der Waals surface area contributed by atoms with Gasteiger partial charge in [-0.05, 0) is 24.0 Å². The molecule has 2 rings (SSSR count). The molecule has 8 heteroatoms. The molecule has 0 spiro atoms. The molecule has 0 aromatic heterocycles. The zero-order valence-electron chi connectivity index (χ0n) is 18.4. The van der Waals surface area contributed by atoms with E-state index in [9.17, 15) is 19.5 Å². The second kappa shape index (κ2) is 14.4. The molecule has 0 saturated carbocycles. The maximum absolute atomic E-state index is 12.6. The Bertz CT molecular complexity index is 888. The summed E-state index contributed by atoms with van der Waals surface area (Å²) in [5.74, 6) is -1.17. The number of allylic oxidation sites excluding steroid dienone is 1. The van der Waals surface area contributed by atoms with Gasteiger partial charge < -0.3 is 25.2 Å². The molecular formula is C25H30N2O6. The number of carbonyl (C=O) groups is 3. The van der Waals surface area contributed by atoms with Crippen molar-refractivity contribution in [1.29, 1.82) is 0 Å². The van der Waals surface area contributed by atoms with Crippen molar-refractivity contribution in [2.45, 2.75) is 44.6 Å². The maximum Gasteiger partial charge on any atom is 0.407 e. The molecule has 176 valence electrons. The predicted molar refractivity (Wildman–Crippen MR) is 123 cm³/mol. The summed E-state index contributed by atoms with van der Waals surface area (Å²) in [5, 5.41) is 15.6. The van der Waals surface area contributed by atoms with Crippen LogP contribution in [0.1, 0.15) is 30.4 Å². The fourth-order valence-corrected chi connectivity index (χ4v) is 2.87. The maximum atomic E-state index is 12.6. The number of amides is 2. The van der Waals surface area contributed by atoms with E-state index >= 15 is 0 Å². The molecule has 2 aromatic carbocycles. The Morgan fingerprint density at radius 1 is 0.939 bits per heavy atom. The molecule has 0 heterocycles. The zero-order valence-corrected chi connectivity index (χ0v) is 18.4. The number of benzene rings is 2. The highest BCUT2D eigenvalue weighted by Gasteiger charge is 2.30. The molecule has 8 nitrogen and oxygen atoms in total. The summed E-state index contributed by atoms with van der Waals surface area (Å²) in [6.07, 6.45) is 0.238. The molecule has 0 unspecified atom stereocenters. The Balaban J connectivity index is 1.85. The summed E-state index contributed by atoms with van der Waals surface area (Å²) in [6, 6.07) is 17.0. The van der Waals surface area contributed by atoms with Gasteiger partial charge in [0.25, 0.3) is 0 Å². The topological polar surface area (TPSA) is 114 Å². The number of aliphatic hydroxyl groups excluding tert-OH is 1. The second-order valence-electron chi connectivity index (χ2n) is 7.31. The summed E-state index contributed by atoms with van der Waals surface area (Å²) < 4.78 is 10.4. The van der Waals surface area contributed by atoms with Crippen LogP contribution in [0, 0.1) is 0 Å². The highest BCUT2D eigenvalue weighted by molar-refractivity contribution is 5.85. The fourth-order valence-electron chi connectivity index (χ4n) is 2.87. The molecule has 2 amide bonds. The Kier molecular flexibility index (Phi) is 11.2. The molecule has 0 radical (unpaired) electrons. The summed E-state index contributed by atoms with van der Waals surface area (Å²) in [5.41, 5.74) is 1.62. The van der Waals surface area contributed by atoms with Crippen molar-refractivity contribution in [2.75, 3.05) is 6.54 Å². The van der Waals surface area contributed by atoms with Gasteiger partial charge >= 0.3 is 12.1 Å². The van der Waals surface area contributed by atoms with Crippen molar-refractivity contribution in [2.24, 2.45) is 0 Å². The number of hydrogen-bond acceptors (Lipinski definition) is 6. The molecule has 2 atom stereocenters. The quantitative estimate of drug-likeness (QED) is 0.317. The first-order chi connectivity index (χ1) is 16.0. The SMILES string of the molecule is C=CCCC(=O)N[C@H](C(=O)OCc1ccccc1)[C@H](O)CCNC(=O)OCc1ccccc1. The first-order valence-electron chi connectivity index (χ1n) is 10.7. The van der Waals surface area contributed by atoms with Crippen LogP contribution in [-0.4, -0.2) is 41.8 Å². The van der Waals surface area contributed by atoms with Gasteiger partial charge in [-0.3, -0.25) is 4.79 Å². The van der Waals surface area contributed by atoms with Crippen molar-refractivity contribution < 1.29 is 29.0 Å². The first-order valence-corrected chi connectivity index (χ1v) is 10.7. The van der Waals surface area contributed by atoms with E-state index < -0.39 is 30.1 Å². The number of carbonyl (C=O) groups excluding carboxylic acids is 3. The van der Waals surface area contributed by atoms with E-state index in [1.165, 1.54) is 0 Å². The van der Waals surface area contributed by atoms with Gasteiger partial charge in [-0.15, -0.1) is 6.58 Å². The third-order valence-electron chi connectivity index (χ3n) is 4.68. The van der Waals surface area contributed by atoms with Crippen molar-refractivity contribution in [3.8, 4) is 0 Å². The minimum absolute atomic E-state index is 0.00722. The van der Waals surface area contributed by atoms with E-state index in [2.05, 4.69) is 17.2 Å². The van der Waals surface area contributed by atoms with Crippen molar-refractivity contribution >= 4 is 18.0 Å². The molecular weight excluding hydrogens is 424 g/mol. The summed E-state index contributed by atoms with van der Waals surface area (Å²) in [4.78, 5) is 36.6. The van der Waals surface area contributed by atoms with Crippen molar-refractivity contribution in [1.82, 2.24) is 10.6 Å². The second-order valence-corrected chi connectivity index (χ2v) is 7.31. The van der Waals surface area contributed by atoms with Crippen LogP contribution in [0.5, 0.6) is 0 Å². The molecule has 0 fully saturated rings. The Hall–Kier alpha value is -3.65. The van der Waals surface area contributed by atoms with E-state index in [1.54, 1.807) is 18.2 Å². The van der Waals surface area contributed by atoms with Crippen LogP contribution in [0.2, 0.25) is 0 Å². The van der Waals surface area contributed by atoms with Crippen LogP contribution in [0.4, 0.5) is 4.79 Å². The van der Waals surface area contributed by atoms with Gasteiger partial charge in [0.05, 0.1) is 6.10 Å². The van der Waals surface area contributed by atoms with Gasteiger partial charge in [0, 0.05) is 13.0 Å². The van der Waals surface area contributed by atoms with Crippen LogP contribution in [-0.2, 0) is 32.3 Å². The van der Waals surface area contributed by atoms with E-state index in [-0.39, 0.29) is 32.6 Å². The molecule has 2 aromatic rings. The lowest BCUT2D eigenvalue weighted by atomic mass is 10.1. The number of ether oxygens (including phenoxy) is 2. The van der Waals surface area contributed by atoms with Gasteiger partial charge in [-0.25, -0.2) is 9.59 Å². The number of rotatable bonds is 13. The van der Waals surface area contributed by atoms with Gasteiger partial charge in [0.2, 0.25) is 5.91 Å². The van der Waals surface area contributed by atoms with Crippen molar-refractivity contribution in [3.63, 3.8) is 0 Å². The molecule has 0 bridgehead atoms. The summed E-state index contributed by atoms with van der Waals surface area (Å²) >= 11 is 0. The van der Waals surface area contributed by atoms with Gasteiger partial charge in [-0.1, -0.05) is 66.7 Å². The first kappa shape index (κ1) is 25.6. The van der Waals surface area contributed by atoms with Gasteiger partial charge in [-0.2, -0.15) is 0 Å². The molecule has 33 heavy (non-hydrogen) atoms. The normalized spacial score (nSPS) is 12.2. The monoisotopic (exact) mass is 454 g/mol. The van der Waals surface area contributed by atoms with Crippen LogP contribution < -0.4 is 10.6 Å². The minimum Gasteiger partial charge on any atom is -0.459 e. The van der Waals surface area contributed by atoms with Gasteiger partial charge in [0.1, 0.15) is 13.2 Å². The highest BCUT2D eigenvalue weighted by atomic mass is 16.5. The predicted octanol–water partition coefficient (Wildman–Crippen LogP) is 2.86. The summed E-state index contributed by atoms with van der Waals surface area (Å²) in [6.45, 7) is 3.73. The van der Waals surface area contributed by atoms with Gasteiger partial charge in [0.15, 0.2) is 6.04 Å². The van der Waals surface area contributed by atoms with Crippen LogP contribution >= 0.6 is 0 Å². The highest BCUT2D eigenvalue weighted by Crippen LogP contribution is 2.07. The number of alkyl carbamates (subject to hydrolysis) is 1. The Morgan fingerprint density at radius 3 is 2.09 bits per heavy atom. The molecule has 0 saturated heterocycles. The Labute approximate surface area is 193 Å². The summed E-state index contributed by atoms with van der Waals surface area (Å²) in [7, 11) is 0. The lowest BCUT2D eigenvalue weighted by molar-refractivity contribution is -0.152. The van der Waals surface area contributed by atoms with Crippen LogP contribution in [0.25, 0.3) is 0 Å². The minimum atomic E-state index is -1.27. The molecule has 3 N–H and O–H groups in total. The Morgan fingerprint density at radius 2 is 1.52 bits per heavy atom. The fraction of sp³-hybridized carbons (Fsp3) is 0.320. The van der Waals surface area contributed by atoms with Crippen LogP contribution in [0.15, 0.2) is 73.3 Å². The van der Waals surface area contributed by atoms with Crippen molar-refractivity contribution in [3.05, 3.63) is 84.4 Å². The zero-order chi connectivity index (χ0) is 23.9. The smallest absolute Gasteiger partial charge is 0.407 e. The van der Waals surface area contributed by atoms with Crippen LogP contribution in [0.3, 0.4) is 0 Å². The third kappa shape index (κ3) is 10.0.